The molecule has 0 aliphatic rings. The average Bonchev–Trinajstić information content (AvgIpc) is 3.11. The van der Waals surface area contributed by atoms with Gasteiger partial charge in [0.25, 0.3) is 0 Å². The minimum atomic E-state index is 0.355. The lowest BCUT2D eigenvalue weighted by Gasteiger charge is -2.09. The zero-order valence-corrected chi connectivity index (χ0v) is 16.7. The van der Waals surface area contributed by atoms with E-state index < -0.39 is 0 Å². The van der Waals surface area contributed by atoms with Crippen molar-refractivity contribution in [3.63, 3.8) is 0 Å². The van der Waals surface area contributed by atoms with E-state index in [0.717, 1.165) is 11.1 Å². The summed E-state index contributed by atoms with van der Waals surface area (Å²) in [6.45, 7) is 0. The van der Waals surface area contributed by atoms with E-state index >= 15 is 0 Å². The monoisotopic (exact) mass is 400 g/mol. The van der Waals surface area contributed by atoms with Gasteiger partial charge >= 0.3 is 0 Å². The van der Waals surface area contributed by atoms with E-state index in [4.69, 9.17) is 31.2 Å². The van der Waals surface area contributed by atoms with Gasteiger partial charge in [0, 0.05) is 17.2 Å². The van der Waals surface area contributed by atoms with Gasteiger partial charge in [-0.05, 0) is 42.5 Å². The van der Waals surface area contributed by atoms with Crippen molar-refractivity contribution >= 4 is 18.4 Å². The second-order valence-corrected chi connectivity index (χ2v) is 5.97. The molecule has 0 aliphatic carbocycles. The average molecular weight is 400 g/mol. The second-order valence-electron chi connectivity index (χ2n) is 5.59. The van der Waals surface area contributed by atoms with Crippen LogP contribution in [0.3, 0.4) is 0 Å². The maximum Gasteiger partial charge on any atom is 0.216 e. The van der Waals surface area contributed by atoms with Crippen molar-refractivity contribution in [1.29, 1.82) is 0 Å². The van der Waals surface area contributed by atoms with Gasteiger partial charge in [-0.2, -0.15) is 14.9 Å². The summed E-state index contributed by atoms with van der Waals surface area (Å²) in [4.78, 5) is 0. The Morgan fingerprint density at radius 2 is 1.68 bits per heavy atom. The molecule has 0 atom stereocenters. The van der Waals surface area contributed by atoms with Crippen LogP contribution in [0.2, 0.25) is 0 Å². The molecule has 1 aromatic heterocycles. The third-order valence-corrected chi connectivity index (χ3v) is 4.31. The van der Waals surface area contributed by atoms with E-state index in [-0.39, 0.29) is 0 Å². The largest absolute Gasteiger partial charge is 0.497 e. The number of rotatable bonds is 7. The number of methoxy groups -OCH3 is 4. The summed E-state index contributed by atoms with van der Waals surface area (Å²) in [7, 11) is 6.35. The zero-order chi connectivity index (χ0) is 20.1. The van der Waals surface area contributed by atoms with Gasteiger partial charge < -0.3 is 18.9 Å². The smallest absolute Gasteiger partial charge is 0.216 e. The fourth-order valence-electron chi connectivity index (χ4n) is 2.61. The molecule has 9 heteroatoms. The van der Waals surface area contributed by atoms with Crippen LogP contribution in [0.25, 0.3) is 11.4 Å². The Balaban J connectivity index is 2.01. The highest BCUT2D eigenvalue weighted by Gasteiger charge is 2.12. The molecule has 0 aliphatic heterocycles. The van der Waals surface area contributed by atoms with Gasteiger partial charge in [-0.3, -0.25) is 0 Å². The van der Waals surface area contributed by atoms with Gasteiger partial charge in [0.15, 0.2) is 17.3 Å². The molecule has 28 heavy (non-hydrogen) atoms. The Hall–Kier alpha value is -3.33. The van der Waals surface area contributed by atoms with Crippen LogP contribution in [0.15, 0.2) is 41.5 Å². The van der Waals surface area contributed by atoms with Crippen molar-refractivity contribution in [2.75, 3.05) is 28.4 Å². The van der Waals surface area contributed by atoms with Crippen molar-refractivity contribution in [1.82, 2.24) is 14.9 Å². The van der Waals surface area contributed by atoms with Crippen LogP contribution in [0.4, 0.5) is 0 Å². The molecule has 0 spiro atoms. The van der Waals surface area contributed by atoms with Gasteiger partial charge in [0.05, 0.1) is 34.7 Å². The Labute approximate surface area is 167 Å². The van der Waals surface area contributed by atoms with E-state index in [0.29, 0.717) is 33.6 Å². The quantitative estimate of drug-likeness (QED) is 0.483. The van der Waals surface area contributed by atoms with Gasteiger partial charge in [0.2, 0.25) is 4.77 Å². The standard InChI is InChI=1S/C19H20N4O4S/c1-24-14-7-5-13(16(10-14)26-3)11-20-23-18(21-22-19(23)28)12-6-8-15(25-2)17(9-12)27-4/h5-11H,1-4H3,(H,22,28)/b20-11+. The summed E-state index contributed by atoms with van der Waals surface area (Å²) in [5, 5.41) is 11.5. The number of ether oxygens (including phenoxy) is 4. The number of aromatic nitrogens is 3. The number of nitrogens with one attached hydrogen (secondary N) is 1. The summed E-state index contributed by atoms with van der Waals surface area (Å²) < 4.78 is 23.1. The molecule has 3 rings (SSSR count). The highest BCUT2D eigenvalue weighted by atomic mass is 32.1. The number of hydrogen-bond donors (Lipinski definition) is 1. The molecule has 1 heterocycles. The lowest BCUT2D eigenvalue weighted by atomic mass is 10.2. The van der Waals surface area contributed by atoms with Crippen LogP contribution in [0.5, 0.6) is 23.0 Å². The Kier molecular flexibility index (Phi) is 5.95. The van der Waals surface area contributed by atoms with Crippen molar-refractivity contribution in [3.05, 3.63) is 46.7 Å². The van der Waals surface area contributed by atoms with Crippen molar-refractivity contribution in [3.8, 4) is 34.4 Å². The molecule has 0 fully saturated rings. The lowest BCUT2D eigenvalue weighted by Crippen LogP contribution is -1.98. The van der Waals surface area contributed by atoms with E-state index in [9.17, 15) is 0 Å². The summed E-state index contributed by atoms with van der Waals surface area (Å²) in [6, 6.07) is 10.9. The Morgan fingerprint density at radius 3 is 2.36 bits per heavy atom. The molecule has 1 N–H and O–H groups in total. The molecule has 0 bridgehead atoms. The summed E-state index contributed by atoms with van der Waals surface area (Å²) in [5.74, 6) is 3.07. The number of benzene rings is 2. The Morgan fingerprint density at radius 1 is 0.929 bits per heavy atom. The molecule has 3 aromatic rings. The maximum atomic E-state index is 5.40. The first-order chi connectivity index (χ1) is 13.6. The number of hydrogen-bond acceptors (Lipinski definition) is 7. The van der Waals surface area contributed by atoms with E-state index in [1.807, 2.05) is 24.3 Å². The first-order valence-electron chi connectivity index (χ1n) is 8.27. The number of H-pyrrole nitrogens is 1. The Bertz CT molecular complexity index is 1060. The van der Waals surface area contributed by atoms with Crippen LogP contribution in [0.1, 0.15) is 5.56 Å². The highest BCUT2D eigenvalue weighted by molar-refractivity contribution is 7.71. The molecule has 2 aromatic carbocycles. The highest BCUT2D eigenvalue weighted by Crippen LogP contribution is 2.31. The van der Waals surface area contributed by atoms with Crippen LogP contribution in [-0.4, -0.2) is 49.5 Å². The SMILES string of the molecule is COc1ccc(/C=N/n2c(-c3ccc(OC)c(OC)c3)n[nH]c2=S)c(OC)c1. The molecular weight excluding hydrogens is 380 g/mol. The molecule has 8 nitrogen and oxygen atoms in total. The third-order valence-electron chi connectivity index (χ3n) is 4.05. The molecular formula is C19H20N4O4S. The van der Waals surface area contributed by atoms with Crippen LogP contribution in [-0.2, 0) is 0 Å². The molecule has 0 radical (unpaired) electrons. The van der Waals surface area contributed by atoms with Crippen LogP contribution < -0.4 is 18.9 Å². The predicted octanol–water partition coefficient (Wildman–Crippen LogP) is 3.52. The fourth-order valence-corrected chi connectivity index (χ4v) is 2.79. The molecule has 146 valence electrons. The van der Waals surface area contributed by atoms with Crippen molar-refractivity contribution in [2.24, 2.45) is 5.10 Å². The normalized spacial score (nSPS) is 10.9. The molecule has 0 saturated heterocycles. The zero-order valence-electron chi connectivity index (χ0n) is 15.9. The number of aromatic amines is 1. The van der Waals surface area contributed by atoms with Gasteiger partial charge in [0.1, 0.15) is 11.5 Å². The maximum absolute atomic E-state index is 5.40. The lowest BCUT2D eigenvalue weighted by molar-refractivity contribution is 0.355. The predicted molar refractivity (Wildman–Crippen MR) is 108 cm³/mol. The second kappa shape index (κ2) is 8.57. The van der Waals surface area contributed by atoms with E-state index in [1.165, 1.54) is 4.68 Å². The van der Waals surface area contributed by atoms with Crippen molar-refractivity contribution < 1.29 is 18.9 Å². The molecule has 0 unspecified atom stereocenters. The minimum absolute atomic E-state index is 0.355. The van der Waals surface area contributed by atoms with Crippen LogP contribution in [0, 0.1) is 4.77 Å². The summed E-state index contributed by atoms with van der Waals surface area (Å²) in [6.07, 6.45) is 1.65. The van der Waals surface area contributed by atoms with Gasteiger partial charge in [-0.1, -0.05) is 0 Å². The van der Waals surface area contributed by atoms with E-state index in [1.54, 1.807) is 46.8 Å². The van der Waals surface area contributed by atoms with Gasteiger partial charge in [-0.15, -0.1) is 0 Å². The first-order valence-corrected chi connectivity index (χ1v) is 8.68. The summed E-state index contributed by atoms with van der Waals surface area (Å²) >= 11 is 5.32. The first kappa shape index (κ1) is 19.4. The number of nitrogens with zero attached hydrogens (tertiary/aromatic N) is 3. The summed E-state index contributed by atoms with van der Waals surface area (Å²) in [5.41, 5.74) is 1.54. The molecule has 0 amide bonds. The van der Waals surface area contributed by atoms with Crippen LogP contribution >= 0.6 is 12.2 Å². The van der Waals surface area contributed by atoms with E-state index in [2.05, 4.69) is 15.3 Å². The molecule has 0 saturated carbocycles. The minimum Gasteiger partial charge on any atom is -0.497 e. The van der Waals surface area contributed by atoms with Gasteiger partial charge in [-0.25, -0.2) is 5.10 Å². The van der Waals surface area contributed by atoms with Crippen molar-refractivity contribution in [2.45, 2.75) is 0 Å². The fraction of sp³-hybridized carbons (Fsp3) is 0.211. The topological polar surface area (TPSA) is 82.9 Å². The third kappa shape index (κ3) is 3.84.